The van der Waals surface area contributed by atoms with Gasteiger partial charge in [0.1, 0.15) is 28.7 Å². The third-order valence-electron chi connectivity index (χ3n) is 6.22. The van der Waals surface area contributed by atoms with E-state index in [1.54, 1.807) is 4.52 Å². The number of fused-ring (bicyclic) bond motifs is 1. The average molecular weight is 462 g/mol. The second-order valence-electron chi connectivity index (χ2n) is 8.32. The summed E-state index contributed by atoms with van der Waals surface area (Å²) in [6.45, 7) is 3.59. The van der Waals surface area contributed by atoms with Crippen LogP contribution >= 0.6 is 0 Å². The normalized spacial score (nSPS) is 15.4. The highest BCUT2D eigenvalue weighted by atomic mass is 19.1. The summed E-state index contributed by atoms with van der Waals surface area (Å²) in [6, 6.07) is 7.02. The summed E-state index contributed by atoms with van der Waals surface area (Å²) in [6.07, 6.45) is 7.41. The number of pyridine rings is 2. The summed E-state index contributed by atoms with van der Waals surface area (Å²) in [5.74, 6) is -0.112. The smallest absolute Gasteiger partial charge is 0.163 e. The van der Waals surface area contributed by atoms with Crippen LogP contribution in [0.25, 0.3) is 16.6 Å². The Balaban J connectivity index is 1.57. The monoisotopic (exact) mass is 461 g/mol. The van der Waals surface area contributed by atoms with Gasteiger partial charge in [-0.1, -0.05) is 0 Å². The number of nitriles is 1. The zero-order valence-corrected chi connectivity index (χ0v) is 18.6. The molecule has 0 aliphatic carbocycles. The van der Waals surface area contributed by atoms with Gasteiger partial charge in [-0.25, -0.2) is 8.91 Å². The first-order valence-corrected chi connectivity index (χ1v) is 11.1. The fourth-order valence-electron chi connectivity index (χ4n) is 4.45. The van der Waals surface area contributed by atoms with Crippen LogP contribution in [0.15, 0.2) is 43.0 Å². The van der Waals surface area contributed by atoms with Crippen molar-refractivity contribution in [1.82, 2.24) is 29.7 Å². The largest absolute Gasteiger partial charge is 0.479 e. The van der Waals surface area contributed by atoms with Crippen LogP contribution in [-0.2, 0) is 0 Å². The Morgan fingerprint density at radius 1 is 1.26 bits per heavy atom. The molecule has 1 unspecified atom stereocenters. The fraction of sp³-hybridized carbons (Fsp3) is 0.333. The maximum atomic E-state index is 13.3. The molecule has 10 heteroatoms. The van der Waals surface area contributed by atoms with Gasteiger partial charge in [-0.2, -0.15) is 15.5 Å². The first-order valence-electron chi connectivity index (χ1n) is 11.1. The van der Waals surface area contributed by atoms with Gasteiger partial charge in [-0.05, 0) is 51.1 Å². The van der Waals surface area contributed by atoms with E-state index in [1.165, 1.54) is 18.3 Å². The third-order valence-corrected chi connectivity index (χ3v) is 6.22. The molecule has 0 amide bonds. The van der Waals surface area contributed by atoms with Crippen molar-refractivity contribution in [2.75, 3.05) is 19.7 Å². The second-order valence-corrected chi connectivity index (χ2v) is 8.32. The van der Waals surface area contributed by atoms with Gasteiger partial charge in [0, 0.05) is 23.0 Å². The van der Waals surface area contributed by atoms with Crippen LogP contribution in [0, 0.1) is 24.1 Å². The van der Waals surface area contributed by atoms with Crippen LogP contribution in [0.3, 0.4) is 0 Å². The molecular formula is C24H24FN7O2. The molecule has 2 N–H and O–H groups in total. The van der Waals surface area contributed by atoms with E-state index in [0.717, 1.165) is 48.9 Å². The average Bonchev–Trinajstić information content (AvgIpc) is 3.46. The van der Waals surface area contributed by atoms with Crippen LogP contribution in [0.1, 0.15) is 41.9 Å². The minimum atomic E-state index is -0.848. The zero-order valence-electron chi connectivity index (χ0n) is 18.6. The predicted octanol–water partition coefficient (Wildman–Crippen LogP) is 2.95. The number of halogens is 1. The van der Waals surface area contributed by atoms with Crippen molar-refractivity contribution in [2.24, 2.45) is 0 Å². The maximum absolute atomic E-state index is 13.3. The maximum Gasteiger partial charge on any atom is 0.163 e. The van der Waals surface area contributed by atoms with E-state index in [0.29, 0.717) is 28.6 Å². The lowest BCUT2D eigenvalue weighted by Gasteiger charge is -2.24. The van der Waals surface area contributed by atoms with E-state index in [2.05, 4.69) is 31.2 Å². The van der Waals surface area contributed by atoms with Gasteiger partial charge < -0.3 is 15.2 Å². The number of ether oxygens (including phenoxy) is 1. The van der Waals surface area contributed by atoms with Crippen LogP contribution in [-0.4, -0.2) is 49.2 Å². The van der Waals surface area contributed by atoms with Crippen molar-refractivity contribution in [2.45, 2.75) is 31.9 Å². The Hall–Kier alpha value is -3.81. The highest BCUT2D eigenvalue weighted by Crippen LogP contribution is 2.35. The molecule has 0 radical (unpaired) electrons. The van der Waals surface area contributed by atoms with Crippen molar-refractivity contribution in [3.8, 4) is 22.9 Å². The van der Waals surface area contributed by atoms with Gasteiger partial charge in [0.2, 0.25) is 0 Å². The van der Waals surface area contributed by atoms with E-state index >= 15 is 0 Å². The van der Waals surface area contributed by atoms with Gasteiger partial charge in [0.25, 0.3) is 0 Å². The molecule has 1 atom stereocenters. The van der Waals surface area contributed by atoms with Crippen LogP contribution in [0.4, 0.5) is 4.39 Å². The number of hydrogen-bond donors (Lipinski definition) is 2. The number of nitrogens with zero attached hydrogens (tertiary/aromatic N) is 6. The SMILES string of the molecule is Cc1c(-c2cc(OC(CO)c3ccc(F)cn3)c3c(C#N)cnn3c2)cnn1C1CCNCC1. The summed E-state index contributed by atoms with van der Waals surface area (Å²) >= 11 is 0. The van der Waals surface area contributed by atoms with Crippen LogP contribution < -0.4 is 10.1 Å². The fourth-order valence-corrected chi connectivity index (χ4v) is 4.45. The number of nitrogens with one attached hydrogen (secondary N) is 1. The molecule has 1 aliphatic rings. The van der Waals surface area contributed by atoms with Crippen LogP contribution in [0.5, 0.6) is 5.75 Å². The Labute approximate surface area is 195 Å². The highest BCUT2D eigenvalue weighted by Gasteiger charge is 2.23. The topological polar surface area (TPSA) is 113 Å². The molecule has 1 fully saturated rings. The van der Waals surface area contributed by atoms with E-state index in [4.69, 9.17) is 4.74 Å². The molecule has 9 nitrogen and oxygen atoms in total. The van der Waals surface area contributed by atoms with Gasteiger partial charge in [-0.15, -0.1) is 0 Å². The number of rotatable bonds is 6. The predicted molar refractivity (Wildman–Crippen MR) is 122 cm³/mol. The van der Waals surface area contributed by atoms with E-state index < -0.39 is 11.9 Å². The highest BCUT2D eigenvalue weighted by molar-refractivity contribution is 5.76. The molecular weight excluding hydrogens is 437 g/mol. The van der Waals surface area contributed by atoms with Gasteiger partial charge >= 0.3 is 0 Å². The Morgan fingerprint density at radius 2 is 2.09 bits per heavy atom. The summed E-state index contributed by atoms with van der Waals surface area (Å²) in [7, 11) is 0. The van der Waals surface area contributed by atoms with Gasteiger partial charge in [0.05, 0.1) is 36.9 Å². The molecule has 5 rings (SSSR count). The number of aromatic nitrogens is 5. The standard InChI is InChI=1S/C24H24FN7O2/c1-15-20(12-30-32(15)19-4-6-27-7-5-19)16-8-22(24-17(9-26)10-29-31(24)13-16)34-23(14-33)21-3-2-18(25)11-28-21/h2-3,8,10-13,19,23,27,33H,4-7,14H2,1H3. The van der Waals surface area contributed by atoms with Crippen molar-refractivity contribution >= 4 is 5.52 Å². The quantitative estimate of drug-likeness (QED) is 0.454. The Kier molecular flexibility index (Phi) is 5.96. The van der Waals surface area contributed by atoms with Crippen molar-refractivity contribution in [3.63, 3.8) is 0 Å². The van der Waals surface area contributed by atoms with E-state index in [1.807, 2.05) is 25.4 Å². The molecule has 1 aliphatic heterocycles. The second kappa shape index (κ2) is 9.21. The molecule has 0 saturated carbocycles. The summed E-state index contributed by atoms with van der Waals surface area (Å²) in [5, 5.41) is 31.9. The molecule has 0 aromatic carbocycles. The molecule has 1 saturated heterocycles. The Morgan fingerprint density at radius 3 is 2.79 bits per heavy atom. The molecule has 174 valence electrons. The summed E-state index contributed by atoms with van der Waals surface area (Å²) < 4.78 is 23.2. The minimum Gasteiger partial charge on any atom is -0.479 e. The van der Waals surface area contributed by atoms with Crippen molar-refractivity contribution < 1.29 is 14.2 Å². The van der Waals surface area contributed by atoms with Gasteiger partial charge in [-0.3, -0.25) is 9.67 Å². The lowest BCUT2D eigenvalue weighted by atomic mass is 10.0. The first-order chi connectivity index (χ1) is 16.6. The molecule has 0 bridgehead atoms. The van der Waals surface area contributed by atoms with Crippen molar-refractivity contribution in [3.05, 3.63) is 65.8 Å². The van der Waals surface area contributed by atoms with E-state index in [9.17, 15) is 14.8 Å². The zero-order chi connectivity index (χ0) is 23.7. The molecule has 0 spiro atoms. The molecule has 34 heavy (non-hydrogen) atoms. The number of piperidine rings is 1. The number of aliphatic hydroxyl groups excluding tert-OH is 1. The number of aliphatic hydroxyl groups is 1. The first kappa shape index (κ1) is 22.0. The molecule has 4 aromatic heterocycles. The van der Waals surface area contributed by atoms with Crippen molar-refractivity contribution in [1.29, 1.82) is 5.26 Å². The minimum absolute atomic E-state index is 0.340. The lowest BCUT2D eigenvalue weighted by Crippen LogP contribution is -2.30. The molecule has 5 heterocycles. The Bertz CT molecular complexity index is 1350. The number of hydrogen-bond acceptors (Lipinski definition) is 7. The third kappa shape index (κ3) is 4.00. The van der Waals surface area contributed by atoms with E-state index in [-0.39, 0.29) is 6.61 Å². The molecule has 4 aromatic rings. The lowest BCUT2D eigenvalue weighted by molar-refractivity contribution is 0.114. The summed E-state index contributed by atoms with van der Waals surface area (Å²) in [4.78, 5) is 4.04. The summed E-state index contributed by atoms with van der Waals surface area (Å²) in [5.41, 5.74) is 3.98. The van der Waals surface area contributed by atoms with Gasteiger partial charge in [0.15, 0.2) is 6.10 Å². The van der Waals surface area contributed by atoms with Crippen LogP contribution in [0.2, 0.25) is 0 Å².